The van der Waals surface area contributed by atoms with Gasteiger partial charge in [0.15, 0.2) is 0 Å². The minimum atomic E-state index is -0.779. The Balaban J connectivity index is 2.07. The predicted molar refractivity (Wildman–Crippen MR) is 127 cm³/mol. The number of hydrogen-bond donors (Lipinski definition) is 2. The molecular weight excluding hydrogens is 400 g/mol. The van der Waals surface area contributed by atoms with Crippen LogP contribution in [0.5, 0.6) is 5.75 Å². The average molecular weight is 425 g/mol. The first-order valence-electron chi connectivity index (χ1n) is 9.99. The SMILES string of the molecule is CN=CC(=C(N)C(=O)C(Nc1cccc(OC)c1)c1ccc(C#N)cc1)c1ccccc1. The maximum Gasteiger partial charge on any atom is 0.205 e. The van der Waals surface area contributed by atoms with Crippen LogP contribution in [0.2, 0.25) is 0 Å². The van der Waals surface area contributed by atoms with Crippen molar-refractivity contribution in [1.82, 2.24) is 0 Å². The van der Waals surface area contributed by atoms with Crippen molar-refractivity contribution in [2.75, 3.05) is 19.5 Å². The lowest BCUT2D eigenvalue weighted by molar-refractivity contribution is -0.116. The number of nitrogens with one attached hydrogen (secondary N) is 1. The van der Waals surface area contributed by atoms with Gasteiger partial charge in [0.05, 0.1) is 24.4 Å². The Morgan fingerprint density at radius 2 is 1.81 bits per heavy atom. The quantitative estimate of drug-likeness (QED) is 0.413. The number of aliphatic imine (C=N–C) groups is 1. The number of allylic oxidation sites excluding steroid dienone is 1. The van der Waals surface area contributed by atoms with E-state index in [1.165, 1.54) is 0 Å². The first-order chi connectivity index (χ1) is 15.6. The van der Waals surface area contributed by atoms with E-state index in [-0.39, 0.29) is 11.5 Å². The fourth-order valence-corrected chi connectivity index (χ4v) is 3.26. The van der Waals surface area contributed by atoms with E-state index < -0.39 is 6.04 Å². The summed E-state index contributed by atoms with van der Waals surface area (Å²) < 4.78 is 5.30. The smallest absolute Gasteiger partial charge is 0.205 e. The number of Topliss-reactive ketones (excluding diaryl/α,β-unsaturated/α-hetero) is 1. The normalized spacial score (nSPS) is 12.5. The van der Waals surface area contributed by atoms with E-state index in [1.807, 2.05) is 48.5 Å². The van der Waals surface area contributed by atoms with Crippen molar-refractivity contribution in [3.63, 3.8) is 0 Å². The number of methoxy groups -OCH3 is 1. The molecule has 3 N–H and O–H groups in total. The summed E-state index contributed by atoms with van der Waals surface area (Å²) in [6.45, 7) is 0. The van der Waals surface area contributed by atoms with E-state index in [0.717, 1.165) is 5.56 Å². The van der Waals surface area contributed by atoms with Crippen molar-refractivity contribution in [2.45, 2.75) is 6.04 Å². The maximum absolute atomic E-state index is 13.6. The first-order valence-corrected chi connectivity index (χ1v) is 9.99. The Labute approximate surface area is 187 Å². The van der Waals surface area contributed by atoms with Gasteiger partial charge in [0, 0.05) is 30.6 Å². The van der Waals surface area contributed by atoms with E-state index in [4.69, 9.17) is 15.7 Å². The second kappa shape index (κ2) is 10.6. The second-order valence-electron chi connectivity index (χ2n) is 6.99. The molecule has 0 spiro atoms. The summed E-state index contributed by atoms with van der Waals surface area (Å²) in [5, 5.41) is 12.4. The minimum absolute atomic E-state index is 0.0894. The van der Waals surface area contributed by atoms with Crippen molar-refractivity contribution < 1.29 is 9.53 Å². The number of hydrogen-bond acceptors (Lipinski definition) is 6. The van der Waals surface area contributed by atoms with Crippen molar-refractivity contribution in [2.24, 2.45) is 10.7 Å². The fraction of sp³-hybridized carbons (Fsp3) is 0.115. The standard InChI is InChI=1S/C26H24N4O2/c1-29-17-23(19-7-4-3-5-8-19)24(28)26(31)25(20-13-11-18(16-27)12-14-20)30-21-9-6-10-22(15-21)32-2/h3-15,17,25,30H,28H2,1-2H3. The number of nitriles is 1. The van der Waals surface area contributed by atoms with Crippen molar-refractivity contribution in [1.29, 1.82) is 5.26 Å². The highest BCUT2D eigenvalue weighted by Crippen LogP contribution is 2.27. The Morgan fingerprint density at radius 1 is 1.09 bits per heavy atom. The lowest BCUT2D eigenvalue weighted by Crippen LogP contribution is -2.27. The molecule has 160 valence electrons. The van der Waals surface area contributed by atoms with Crippen molar-refractivity contribution in [3.05, 3.63) is 101 Å². The van der Waals surface area contributed by atoms with E-state index in [2.05, 4.69) is 16.4 Å². The highest BCUT2D eigenvalue weighted by Gasteiger charge is 2.25. The van der Waals surface area contributed by atoms with Crippen LogP contribution in [0.4, 0.5) is 5.69 Å². The molecule has 3 aromatic rings. The zero-order chi connectivity index (χ0) is 22.9. The zero-order valence-electron chi connectivity index (χ0n) is 17.9. The number of benzene rings is 3. The van der Waals surface area contributed by atoms with Gasteiger partial charge in [-0.25, -0.2) is 0 Å². The number of ketones is 1. The third kappa shape index (κ3) is 5.21. The number of anilines is 1. The van der Waals surface area contributed by atoms with Crippen LogP contribution in [0.3, 0.4) is 0 Å². The summed E-state index contributed by atoms with van der Waals surface area (Å²) in [7, 11) is 3.21. The third-order valence-corrected chi connectivity index (χ3v) is 4.91. The van der Waals surface area contributed by atoms with Crippen LogP contribution in [0, 0.1) is 11.3 Å². The van der Waals surface area contributed by atoms with Crippen LogP contribution in [0.25, 0.3) is 5.57 Å². The molecule has 0 saturated heterocycles. The second-order valence-corrected chi connectivity index (χ2v) is 6.99. The van der Waals surface area contributed by atoms with Gasteiger partial charge < -0.3 is 15.8 Å². The van der Waals surface area contributed by atoms with Gasteiger partial charge in [-0.2, -0.15) is 5.26 Å². The number of nitrogens with zero attached hydrogens (tertiary/aromatic N) is 2. The summed E-state index contributed by atoms with van der Waals surface area (Å²) in [4.78, 5) is 17.7. The maximum atomic E-state index is 13.6. The molecule has 32 heavy (non-hydrogen) atoms. The molecule has 3 aromatic carbocycles. The largest absolute Gasteiger partial charge is 0.497 e. The van der Waals surface area contributed by atoms with Gasteiger partial charge in [0.1, 0.15) is 11.8 Å². The lowest BCUT2D eigenvalue weighted by atomic mass is 9.95. The van der Waals surface area contributed by atoms with E-state index in [9.17, 15) is 4.79 Å². The molecule has 0 saturated carbocycles. The molecule has 0 radical (unpaired) electrons. The number of carbonyl (C=O) groups is 1. The molecule has 0 aliphatic rings. The molecule has 3 rings (SSSR count). The molecule has 0 amide bonds. The molecule has 0 aliphatic heterocycles. The minimum Gasteiger partial charge on any atom is -0.497 e. The molecule has 0 heterocycles. The molecule has 0 bridgehead atoms. The monoisotopic (exact) mass is 424 g/mol. The van der Waals surface area contributed by atoms with Gasteiger partial charge in [-0.15, -0.1) is 0 Å². The predicted octanol–water partition coefficient (Wildman–Crippen LogP) is 4.36. The molecule has 1 unspecified atom stereocenters. The summed E-state index contributed by atoms with van der Waals surface area (Å²) >= 11 is 0. The number of nitrogens with two attached hydrogens (primary N) is 1. The van der Waals surface area contributed by atoms with Crippen molar-refractivity contribution >= 4 is 23.3 Å². The summed E-state index contributed by atoms with van der Waals surface area (Å²) in [5.41, 5.74) is 9.72. The Hall–Kier alpha value is -4.37. The third-order valence-electron chi connectivity index (χ3n) is 4.91. The number of carbonyl (C=O) groups excluding carboxylic acids is 1. The van der Waals surface area contributed by atoms with Crippen LogP contribution in [-0.2, 0) is 4.79 Å². The number of ether oxygens (including phenoxy) is 1. The highest BCUT2D eigenvalue weighted by atomic mass is 16.5. The van der Waals surface area contributed by atoms with E-state index in [0.29, 0.717) is 28.1 Å². The van der Waals surface area contributed by atoms with Crippen LogP contribution < -0.4 is 15.8 Å². The van der Waals surface area contributed by atoms with Gasteiger partial charge in [-0.1, -0.05) is 48.5 Å². The van der Waals surface area contributed by atoms with Gasteiger partial charge in [-0.3, -0.25) is 9.79 Å². The average Bonchev–Trinajstić information content (AvgIpc) is 2.85. The lowest BCUT2D eigenvalue weighted by Gasteiger charge is -2.21. The molecule has 6 heteroatoms. The summed E-state index contributed by atoms with van der Waals surface area (Å²) in [5.74, 6) is 0.351. The molecule has 0 fully saturated rings. The Bertz CT molecular complexity index is 1180. The molecular formula is C26H24N4O2. The Kier molecular flexibility index (Phi) is 7.39. The van der Waals surface area contributed by atoms with Crippen LogP contribution in [0.15, 0.2) is 89.6 Å². The van der Waals surface area contributed by atoms with Gasteiger partial charge in [0.2, 0.25) is 5.78 Å². The fourth-order valence-electron chi connectivity index (χ4n) is 3.26. The van der Waals surface area contributed by atoms with Gasteiger partial charge in [0.25, 0.3) is 0 Å². The first kappa shape index (κ1) is 22.3. The van der Waals surface area contributed by atoms with Crippen LogP contribution >= 0.6 is 0 Å². The molecule has 0 aliphatic carbocycles. The molecule has 6 nitrogen and oxygen atoms in total. The Morgan fingerprint density at radius 3 is 2.44 bits per heavy atom. The molecule has 1 atom stereocenters. The zero-order valence-corrected chi connectivity index (χ0v) is 17.9. The topological polar surface area (TPSA) is 100 Å². The van der Waals surface area contributed by atoms with Crippen LogP contribution in [0.1, 0.15) is 22.7 Å². The summed E-state index contributed by atoms with van der Waals surface area (Å²) in [6, 6.07) is 24.9. The number of rotatable bonds is 8. The van der Waals surface area contributed by atoms with Crippen LogP contribution in [-0.4, -0.2) is 26.2 Å². The van der Waals surface area contributed by atoms with E-state index >= 15 is 0 Å². The highest BCUT2D eigenvalue weighted by molar-refractivity contribution is 6.20. The van der Waals surface area contributed by atoms with E-state index in [1.54, 1.807) is 50.7 Å². The molecule has 0 aromatic heterocycles. The summed E-state index contributed by atoms with van der Waals surface area (Å²) in [6.07, 6.45) is 1.59. The van der Waals surface area contributed by atoms with Crippen molar-refractivity contribution in [3.8, 4) is 11.8 Å². The van der Waals surface area contributed by atoms with Gasteiger partial charge >= 0.3 is 0 Å². The van der Waals surface area contributed by atoms with Gasteiger partial charge in [-0.05, 0) is 35.4 Å².